The minimum Gasteiger partial charge on any atom is -0.469 e. The van der Waals surface area contributed by atoms with E-state index in [1.165, 1.54) is 25.3 Å². The van der Waals surface area contributed by atoms with Crippen molar-refractivity contribution in [3.8, 4) is 0 Å². The van der Waals surface area contributed by atoms with Gasteiger partial charge in [-0.25, -0.2) is 26.7 Å². The summed E-state index contributed by atoms with van der Waals surface area (Å²) in [6.45, 7) is 0. The summed E-state index contributed by atoms with van der Waals surface area (Å²) < 4.78 is 55.4. The zero-order valence-corrected chi connectivity index (χ0v) is 16.5. The van der Waals surface area contributed by atoms with Gasteiger partial charge >= 0.3 is 5.97 Å². The first-order valence-corrected chi connectivity index (χ1v) is 10.9. The Labute approximate surface area is 162 Å². The largest absolute Gasteiger partial charge is 0.469 e. The molecule has 8 nitrogen and oxygen atoms in total. The van der Waals surface area contributed by atoms with Gasteiger partial charge in [-0.3, -0.25) is 4.79 Å². The summed E-state index contributed by atoms with van der Waals surface area (Å²) in [6, 6.07) is 9.96. The van der Waals surface area contributed by atoms with Crippen LogP contribution in [0.1, 0.15) is 18.0 Å². The number of hydrogen-bond acceptors (Lipinski definition) is 6. The lowest BCUT2D eigenvalue weighted by Gasteiger charge is -2.19. The predicted octanol–water partition coefficient (Wildman–Crippen LogP) is 1.57. The van der Waals surface area contributed by atoms with Gasteiger partial charge in [-0.2, -0.15) is 0 Å². The Kier molecular flexibility index (Phi) is 6.60. The minimum atomic E-state index is -4.20. The van der Waals surface area contributed by atoms with Gasteiger partial charge in [-0.1, -0.05) is 35.9 Å². The fourth-order valence-corrected chi connectivity index (χ4v) is 4.46. The zero-order chi connectivity index (χ0) is 20.2. The quantitative estimate of drug-likeness (QED) is 0.638. The number of methoxy groups -OCH3 is 1. The second-order valence-corrected chi connectivity index (χ2v) is 9.18. The molecule has 0 spiro atoms. The van der Waals surface area contributed by atoms with Crippen molar-refractivity contribution in [2.24, 2.45) is 5.14 Å². The molecule has 27 heavy (non-hydrogen) atoms. The molecular weight excluding hydrogens is 416 g/mol. The van der Waals surface area contributed by atoms with E-state index in [2.05, 4.69) is 9.46 Å². The highest BCUT2D eigenvalue weighted by atomic mass is 35.5. The van der Waals surface area contributed by atoms with Crippen molar-refractivity contribution < 1.29 is 26.4 Å². The van der Waals surface area contributed by atoms with Crippen LogP contribution >= 0.6 is 11.6 Å². The number of esters is 1. The number of ether oxygens (including phenoxy) is 1. The van der Waals surface area contributed by atoms with E-state index < -0.39 is 32.1 Å². The predicted molar refractivity (Wildman–Crippen MR) is 99.0 cm³/mol. The number of sulfonamides is 2. The van der Waals surface area contributed by atoms with E-state index in [9.17, 15) is 21.6 Å². The fourth-order valence-electron chi connectivity index (χ4n) is 2.30. The van der Waals surface area contributed by atoms with E-state index >= 15 is 0 Å². The molecule has 0 saturated heterocycles. The van der Waals surface area contributed by atoms with Gasteiger partial charge in [-0.15, -0.1) is 0 Å². The van der Waals surface area contributed by atoms with Gasteiger partial charge in [0.15, 0.2) is 0 Å². The van der Waals surface area contributed by atoms with Crippen LogP contribution in [0, 0.1) is 0 Å². The Morgan fingerprint density at radius 3 is 2.33 bits per heavy atom. The Balaban J connectivity index is 2.44. The van der Waals surface area contributed by atoms with Crippen LogP contribution in [0.3, 0.4) is 0 Å². The number of carbonyl (C=O) groups excluding carboxylic acids is 1. The smallest absolute Gasteiger partial charge is 0.307 e. The first-order valence-electron chi connectivity index (χ1n) is 7.51. The van der Waals surface area contributed by atoms with Gasteiger partial charge in [0.2, 0.25) is 20.0 Å². The van der Waals surface area contributed by atoms with E-state index in [1.807, 2.05) is 0 Å². The average Bonchev–Trinajstić information content (AvgIpc) is 2.60. The third kappa shape index (κ3) is 5.50. The van der Waals surface area contributed by atoms with Crippen LogP contribution in [0.15, 0.2) is 58.3 Å². The number of carbonyl (C=O) groups is 1. The lowest BCUT2D eigenvalue weighted by molar-refractivity contribution is -0.141. The molecular formula is C16H17ClN2O6S2. The summed E-state index contributed by atoms with van der Waals surface area (Å²) in [4.78, 5) is 11.0. The number of rotatable bonds is 7. The topological polar surface area (TPSA) is 133 Å². The van der Waals surface area contributed by atoms with Gasteiger partial charge < -0.3 is 4.74 Å². The summed E-state index contributed by atoms with van der Waals surface area (Å²) >= 11 is 6.12. The monoisotopic (exact) mass is 432 g/mol. The lowest BCUT2D eigenvalue weighted by atomic mass is 10.1. The fraction of sp³-hybridized carbons (Fsp3) is 0.188. The molecule has 2 rings (SSSR count). The van der Waals surface area contributed by atoms with E-state index in [1.54, 1.807) is 24.3 Å². The molecule has 0 amide bonds. The number of primary sulfonamides is 1. The molecule has 1 unspecified atom stereocenters. The van der Waals surface area contributed by atoms with Crippen LogP contribution in [-0.2, 0) is 29.6 Å². The lowest BCUT2D eigenvalue weighted by Crippen LogP contribution is -2.31. The van der Waals surface area contributed by atoms with Crippen LogP contribution < -0.4 is 9.86 Å². The summed E-state index contributed by atoms with van der Waals surface area (Å²) in [5, 5.41) is 5.30. The molecule has 2 aromatic rings. The first kappa shape index (κ1) is 21.3. The molecule has 146 valence electrons. The minimum absolute atomic E-state index is 0.257. The molecule has 2 aromatic carbocycles. The van der Waals surface area contributed by atoms with Crippen molar-refractivity contribution in [3.63, 3.8) is 0 Å². The van der Waals surface area contributed by atoms with E-state index in [-0.39, 0.29) is 21.2 Å². The van der Waals surface area contributed by atoms with Crippen LogP contribution in [0.5, 0.6) is 0 Å². The molecule has 0 bridgehead atoms. The maximum atomic E-state index is 12.7. The van der Waals surface area contributed by atoms with E-state index in [4.69, 9.17) is 16.7 Å². The normalized spacial score (nSPS) is 13.1. The van der Waals surface area contributed by atoms with Crippen LogP contribution in [0.25, 0.3) is 0 Å². The number of nitrogens with one attached hydrogen (secondary N) is 1. The molecule has 11 heteroatoms. The molecule has 0 aliphatic heterocycles. The Morgan fingerprint density at radius 2 is 1.74 bits per heavy atom. The third-order valence-corrected chi connectivity index (χ3v) is 6.35. The Bertz CT molecular complexity index is 1050. The Morgan fingerprint density at radius 1 is 1.11 bits per heavy atom. The molecule has 0 aliphatic rings. The van der Waals surface area contributed by atoms with Crippen molar-refractivity contribution in [2.45, 2.75) is 22.3 Å². The third-order valence-electron chi connectivity index (χ3n) is 3.62. The van der Waals surface area contributed by atoms with Crippen molar-refractivity contribution in [1.82, 2.24) is 4.72 Å². The van der Waals surface area contributed by atoms with Crippen LogP contribution in [0.2, 0.25) is 5.02 Å². The summed E-state index contributed by atoms with van der Waals surface area (Å²) in [5.41, 5.74) is 0.371. The van der Waals surface area contributed by atoms with Crippen molar-refractivity contribution >= 4 is 37.6 Å². The maximum Gasteiger partial charge on any atom is 0.307 e. The summed E-state index contributed by atoms with van der Waals surface area (Å²) in [7, 11) is -7.10. The molecule has 3 N–H and O–H groups in total. The molecule has 0 heterocycles. The van der Waals surface area contributed by atoms with Gasteiger partial charge in [0.25, 0.3) is 0 Å². The molecule has 0 aromatic heterocycles. The van der Waals surface area contributed by atoms with Gasteiger partial charge in [0.1, 0.15) is 0 Å². The highest BCUT2D eigenvalue weighted by Crippen LogP contribution is 2.27. The van der Waals surface area contributed by atoms with Gasteiger partial charge in [0, 0.05) is 5.02 Å². The highest BCUT2D eigenvalue weighted by Gasteiger charge is 2.26. The van der Waals surface area contributed by atoms with Crippen molar-refractivity contribution in [2.75, 3.05) is 7.11 Å². The summed E-state index contributed by atoms with van der Waals surface area (Å²) in [6.07, 6.45) is -0.311. The van der Waals surface area contributed by atoms with E-state index in [0.717, 1.165) is 6.07 Å². The number of hydrogen-bond donors (Lipinski definition) is 2. The van der Waals surface area contributed by atoms with E-state index in [0.29, 0.717) is 5.56 Å². The maximum absolute atomic E-state index is 12.7. The standard InChI is InChI=1S/C16H17ClN2O6S2/c1-25-16(20)10-15(13-7-2-3-8-14(13)17)19-27(23,24)12-6-4-5-11(9-12)26(18,21)22/h2-9,15,19H,10H2,1H3,(H2,18,21,22). The van der Waals surface area contributed by atoms with Crippen LogP contribution in [0.4, 0.5) is 0 Å². The number of nitrogens with two attached hydrogens (primary N) is 1. The molecule has 1 atom stereocenters. The molecule has 0 radical (unpaired) electrons. The SMILES string of the molecule is COC(=O)CC(NS(=O)(=O)c1cccc(S(N)(=O)=O)c1)c1ccccc1Cl. The highest BCUT2D eigenvalue weighted by molar-refractivity contribution is 7.90. The average molecular weight is 433 g/mol. The molecule has 0 saturated carbocycles. The second kappa shape index (κ2) is 8.36. The van der Waals surface area contributed by atoms with Crippen molar-refractivity contribution in [1.29, 1.82) is 0 Å². The van der Waals surface area contributed by atoms with Crippen molar-refractivity contribution in [3.05, 3.63) is 59.1 Å². The van der Waals surface area contributed by atoms with Gasteiger partial charge in [-0.05, 0) is 29.8 Å². The first-order chi connectivity index (χ1) is 12.5. The molecule has 0 fully saturated rings. The second-order valence-electron chi connectivity index (χ2n) is 5.50. The van der Waals surface area contributed by atoms with Gasteiger partial charge in [0.05, 0.1) is 29.4 Å². The summed E-state index contributed by atoms with van der Waals surface area (Å²) in [5.74, 6) is -0.652. The number of halogens is 1. The number of benzene rings is 2. The zero-order valence-electron chi connectivity index (χ0n) is 14.1. The Hall–Kier alpha value is -1.98. The van der Waals surface area contributed by atoms with Crippen LogP contribution in [-0.4, -0.2) is 29.9 Å². The molecule has 0 aliphatic carbocycles.